The van der Waals surface area contributed by atoms with Crippen molar-refractivity contribution in [3.8, 4) is 10.6 Å². The number of esters is 1. The molecule has 0 spiro atoms. The number of rotatable bonds is 6. The summed E-state index contributed by atoms with van der Waals surface area (Å²) in [4.78, 5) is 31.3. The van der Waals surface area contributed by atoms with Gasteiger partial charge in [-0.25, -0.2) is 9.78 Å². The Morgan fingerprint density at radius 1 is 1.16 bits per heavy atom. The first-order valence-electron chi connectivity index (χ1n) is 10.3. The molecule has 1 amide bonds. The molecule has 31 heavy (non-hydrogen) atoms. The minimum atomic E-state index is -0.345. The van der Waals surface area contributed by atoms with Crippen LogP contribution in [0.25, 0.3) is 10.6 Å². The average Bonchev–Trinajstić information content (AvgIpc) is 3.28. The number of benzene rings is 2. The highest BCUT2D eigenvalue weighted by atomic mass is 32.1. The van der Waals surface area contributed by atoms with Crippen LogP contribution in [-0.4, -0.2) is 42.0 Å². The summed E-state index contributed by atoms with van der Waals surface area (Å²) in [5.74, 6) is -0.277. The lowest BCUT2D eigenvalue weighted by molar-refractivity contribution is -0.121. The molecule has 2 heterocycles. The fourth-order valence-electron chi connectivity index (χ4n) is 3.79. The summed E-state index contributed by atoms with van der Waals surface area (Å²) in [6.45, 7) is 2.43. The monoisotopic (exact) mass is 435 g/mol. The van der Waals surface area contributed by atoms with E-state index in [0.29, 0.717) is 5.56 Å². The van der Waals surface area contributed by atoms with E-state index in [1.165, 1.54) is 7.11 Å². The maximum Gasteiger partial charge on any atom is 0.337 e. The number of nitrogens with one attached hydrogen (secondary N) is 1. The predicted molar refractivity (Wildman–Crippen MR) is 122 cm³/mol. The van der Waals surface area contributed by atoms with Crippen LogP contribution in [0.5, 0.6) is 0 Å². The number of thiazole rings is 1. The number of para-hydroxylation sites is 1. The van der Waals surface area contributed by atoms with Gasteiger partial charge in [0, 0.05) is 29.7 Å². The molecule has 4 rings (SSSR count). The van der Waals surface area contributed by atoms with E-state index in [1.807, 2.05) is 42.5 Å². The molecule has 1 N–H and O–H groups in total. The minimum Gasteiger partial charge on any atom is -0.465 e. The maximum atomic E-state index is 12.7. The van der Waals surface area contributed by atoms with Crippen molar-refractivity contribution in [1.29, 1.82) is 0 Å². The summed E-state index contributed by atoms with van der Waals surface area (Å²) in [5, 5.41) is 6.01. The number of hydrogen-bond acceptors (Lipinski definition) is 6. The number of carbonyl (C=O) groups is 2. The van der Waals surface area contributed by atoms with Crippen LogP contribution < -0.4 is 5.32 Å². The number of carbonyl (C=O) groups excluding carboxylic acids is 2. The van der Waals surface area contributed by atoms with Crippen molar-refractivity contribution in [2.24, 2.45) is 5.92 Å². The van der Waals surface area contributed by atoms with Gasteiger partial charge in [0.2, 0.25) is 5.91 Å². The van der Waals surface area contributed by atoms with Gasteiger partial charge in [0.05, 0.1) is 24.3 Å². The van der Waals surface area contributed by atoms with E-state index in [2.05, 4.69) is 15.6 Å². The predicted octanol–water partition coefficient (Wildman–Crippen LogP) is 4.45. The normalized spacial score (nSPS) is 16.6. The van der Waals surface area contributed by atoms with E-state index in [1.54, 1.807) is 23.5 Å². The molecule has 0 bridgehead atoms. The number of hydrogen-bond donors (Lipinski definition) is 1. The van der Waals surface area contributed by atoms with E-state index >= 15 is 0 Å². The third-order valence-electron chi connectivity index (χ3n) is 5.41. The van der Waals surface area contributed by atoms with Crippen LogP contribution in [0, 0.1) is 5.92 Å². The highest BCUT2D eigenvalue weighted by Crippen LogP contribution is 2.26. The molecule has 160 valence electrons. The molecule has 1 aliphatic rings. The van der Waals surface area contributed by atoms with Crippen molar-refractivity contribution in [3.63, 3.8) is 0 Å². The van der Waals surface area contributed by atoms with Crippen LogP contribution in [0.3, 0.4) is 0 Å². The number of piperidine rings is 1. The first-order chi connectivity index (χ1) is 15.1. The van der Waals surface area contributed by atoms with Crippen LogP contribution in [0.1, 0.15) is 28.9 Å². The number of nitrogens with zero attached hydrogens (tertiary/aromatic N) is 2. The maximum absolute atomic E-state index is 12.7. The van der Waals surface area contributed by atoms with Crippen molar-refractivity contribution >= 4 is 28.9 Å². The van der Waals surface area contributed by atoms with Gasteiger partial charge in [-0.3, -0.25) is 9.69 Å². The second-order valence-corrected chi connectivity index (χ2v) is 8.50. The summed E-state index contributed by atoms with van der Waals surface area (Å²) in [6.07, 6.45) is 1.91. The third-order valence-corrected chi connectivity index (χ3v) is 6.35. The summed E-state index contributed by atoms with van der Waals surface area (Å²) < 4.78 is 4.74. The molecule has 1 fully saturated rings. The van der Waals surface area contributed by atoms with Crippen LogP contribution in [0.15, 0.2) is 60.0 Å². The quantitative estimate of drug-likeness (QED) is 0.580. The molecule has 0 aliphatic carbocycles. The Morgan fingerprint density at radius 2 is 1.94 bits per heavy atom. The smallest absolute Gasteiger partial charge is 0.337 e. The van der Waals surface area contributed by atoms with Crippen LogP contribution >= 0.6 is 11.3 Å². The van der Waals surface area contributed by atoms with E-state index in [0.717, 1.165) is 54.4 Å². The van der Waals surface area contributed by atoms with Crippen molar-refractivity contribution < 1.29 is 14.3 Å². The summed E-state index contributed by atoms with van der Waals surface area (Å²) in [5.41, 5.74) is 3.34. The Labute approximate surface area is 185 Å². The van der Waals surface area contributed by atoms with Crippen molar-refractivity contribution in [2.45, 2.75) is 19.4 Å². The Morgan fingerprint density at radius 3 is 2.68 bits per heavy atom. The van der Waals surface area contributed by atoms with E-state index < -0.39 is 0 Å². The number of anilines is 1. The average molecular weight is 436 g/mol. The molecule has 2 aromatic carbocycles. The fraction of sp³-hybridized carbons (Fsp3) is 0.292. The van der Waals surface area contributed by atoms with Crippen molar-refractivity contribution in [3.05, 3.63) is 71.2 Å². The Kier molecular flexibility index (Phi) is 6.74. The van der Waals surface area contributed by atoms with Gasteiger partial charge in [-0.2, -0.15) is 0 Å². The van der Waals surface area contributed by atoms with Gasteiger partial charge in [-0.05, 0) is 43.7 Å². The molecule has 6 nitrogen and oxygen atoms in total. The summed E-state index contributed by atoms with van der Waals surface area (Å²) in [7, 11) is 1.37. The lowest BCUT2D eigenvalue weighted by Crippen LogP contribution is -2.40. The van der Waals surface area contributed by atoms with E-state index in [9.17, 15) is 9.59 Å². The number of likely N-dealkylation sites (tertiary alicyclic amines) is 1. The molecule has 1 aliphatic heterocycles. The molecular weight excluding hydrogens is 410 g/mol. The molecule has 1 unspecified atom stereocenters. The van der Waals surface area contributed by atoms with Crippen LogP contribution in [0.2, 0.25) is 0 Å². The number of ether oxygens (including phenoxy) is 1. The Balaban J connectivity index is 1.35. The lowest BCUT2D eigenvalue weighted by Gasteiger charge is -2.31. The Hall–Kier alpha value is -3.03. The molecular formula is C24H25N3O3S. The molecule has 0 radical (unpaired) electrons. The lowest BCUT2D eigenvalue weighted by atomic mass is 9.97. The zero-order valence-electron chi connectivity index (χ0n) is 17.4. The van der Waals surface area contributed by atoms with Crippen molar-refractivity contribution in [1.82, 2.24) is 9.88 Å². The molecule has 7 heteroatoms. The van der Waals surface area contributed by atoms with Gasteiger partial charge < -0.3 is 10.1 Å². The van der Waals surface area contributed by atoms with E-state index in [4.69, 9.17) is 9.72 Å². The highest BCUT2D eigenvalue weighted by molar-refractivity contribution is 7.13. The third kappa shape index (κ3) is 5.37. The number of methoxy groups -OCH3 is 1. The zero-order valence-corrected chi connectivity index (χ0v) is 18.2. The van der Waals surface area contributed by atoms with Crippen LogP contribution in [-0.2, 0) is 16.1 Å². The molecule has 1 saturated heterocycles. The number of aromatic nitrogens is 1. The highest BCUT2D eigenvalue weighted by Gasteiger charge is 2.26. The van der Waals surface area contributed by atoms with Gasteiger partial charge in [-0.1, -0.05) is 30.3 Å². The fourth-order valence-corrected chi connectivity index (χ4v) is 4.60. The van der Waals surface area contributed by atoms with Gasteiger partial charge in [0.15, 0.2) is 0 Å². The first-order valence-corrected chi connectivity index (χ1v) is 11.2. The minimum absolute atomic E-state index is 0.0158. The molecule has 1 aromatic heterocycles. The van der Waals surface area contributed by atoms with E-state index in [-0.39, 0.29) is 17.8 Å². The molecule has 1 atom stereocenters. The zero-order chi connectivity index (χ0) is 21.6. The standard InChI is InChI=1S/C24H25N3O3S/c1-30-24(29)18-11-9-17(10-12-18)23-26-21(16-31-23)15-27-13-5-6-19(14-27)22(28)25-20-7-3-2-4-8-20/h2-4,7-12,16,19H,5-6,13-15H2,1H3,(H,25,28). The molecule has 0 saturated carbocycles. The summed E-state index contributed by atoms with van der Waals surface area (Å²) >= 11 is 1.59. The van der Waals surface area contributed by atoms with Gasteiger partial charge in [0.25, 0.3) is 0 Å². The molecule has 3 aromatic rings. The number of amides is 1. The van der Waals surface area contributed by atoms with Crippen molar-refractivity contribution in [2.75, 3.05) is 25.5 Å². The van der Waals surface area contributed by atoms with Gasteiger partial charge in [-0.15, -0.1) is 11.3 Å². The second kappa shape index (κ2) is 9.85. The topological polar surface area (TPSA) is 71.5 Å². The summed E-state index contributed by atoms with van der Waals surface area (Å²) in [6, 6.07) is 16.9. The SMILES string of the molecule is COC(=O)c1ccc(-c2nc(CN3CCCC(C(=O)Nc4ccccc4)C3)cs2)cc1. The second-order valence-electron chi connectivity index (χ2n) is 7.64. The van der Waals surface area contributed by atoms with Gasteiger partial charge >= 0.3 is 5.97 Å². The largest absolute Gasteiger partial charge is 0.465 e. The first kappa shape index (κ1) is 21.2. The van der Waals surface area contributed by atoms with Gasteiger partial charge in [0.1, 0.15) is 5.01 Å². The Bertz CT molecular complexity index is 1030. The van der Waals surface area contributed by atoms with Crippen LogP contribution in [0.4, 0.5) is 5.69 Å².